The van der Waals surface area contributed by atoms with E-state index in [1.54, 1.807) is 0 Å². The lowest BCUT2D eigenvalue weighted by Crippen LogP contribution is -1.99. The van der Waals surface area contributed by atoms with E-state index in [0.29, 0.717) is 0 Å². The first-order valence-corrected chi connectivity index (χ1v) is 4.77. The smallest absolute Gasteiger partial charge is 0.0244 e. The molecule has 1 aliphatic carbocycles. The Kier molecular flexibility index (Phi) is 3.86. The van der Waals surface area contributed by atoms with E-state index in [1.807, 2.05) is 5.92 Å². The van der Waals surface area contributed by atoms with Gasteiger partial charge in [0.05, 0.1) is 0 Å². The van der Waals surface area contributed by atoms with Gasteiger partial charge in [0.25, 0.3) is 0 Å². The molecule has 1 radical (unpaired) electrons. The average Bonchev–Trinajstić information content (AvgIpc) is 1.87. The molecule has 0 saturated heterocycles. The summed E-state index contributed by atoms with van der Waals surface area (Å²) in [5.41, 5.74) is 0. The zero-order valence-electron chi connectivity index (χ0n) is 7.16. The van der Waals surface area contributed by atoms with E-state index in [9.17, 15) is 0 Å². The SMILES string of the molecule is CC[C]1CCCCCCC1. The minimum atomic E-state index is 1.33. The van der Waals surface area contributed by atoms with Crippen LogP contribution < -0.4 is 0 Å². The van der Waals surface area contributed by atoms with E-state index < -0.39 is 0 Å². The molecule has 1 fully saturated rings. The average molecular weight is 139 g/mol. The van der Waals surface area contributed by atoms with Crippen LogP contribution in [0.4, 0.5) is 0 Å². The maximum Gasteiger partial charge on any atom is -0.0244 e. The molecule has 59 valence electrons. The van der Waals surface area contributed by atoms with E-state index >= 15 is 0 Å². The van der Waals surface area contributed by atoms with Gasteiger partial charge in [0, 0.05) is 0 Å². The van der Waals surface area contributed by atoms with Crippen molar-refractivity contribution < 1.29 is 0 Å². The zero-order chi connectivity index (χ0) is 7.23. The van der Waals surface area contributed by atoms with Crippen molar-refractivity contribution in [2.75, 3.05) is 0 Å². The van der Waals surface area contributed by atoms with Crippen molar-refractivity contribution in [1.29, 1.82) is 0 Å². The van der Waals surface area contributed by atoms with Crippen LogP contribution in [0.5, 0.6) is 0 Å². The normalized spacial score (nSPS) is 23.7. The van der Waals surface area contributed by atoms with Gasteiger partial charge in [-0.1, -0.05) is 39.0 Å². The van der Waals surface area contributed by atoms with Gasteiger partial charge in [0.1, 0.15) is 0 Å². The predicted octanol–water partition coefficient (Wildman–Crippen LogP) is 3.72. The molecule has 0 aromatic heterocycles. The zero-order valence-corrected chi connectivity index (χ0v) is 7.16. The van der Waals surface area contributed by atoms with Crippen LogP contribution in [-0.2, 0) is 0 Å². The maximum atomic E-state index is 2.30. The molecule has 0 aromatic rings. The molecule has 0 N–H and O–H groups in total. The van der Waals surface area contributed by atoms with Gasteiger partial charge in [-0.05, 0) is 25.2 Å². The predicted molar refractivity (Wildman–Crippen MR) is 45.9 cm³/mol. The molecule has 0 aromatic carbocycles. The first-order valence-electron chi connectivity index (χ1n) is 4.77. The van der Waals surface area contributed by atoms with Crippen LogP contribution in [0.1, 0.15) is 58.3 Å². The fourth-order valence-electron chi connectivity index (χ4n) is 1.76. The molecule has 10 heavy (non-hydrogen) atoms. The summed E-state index contributed by atoms with van der Waals surface area (Å²) in [6, 6.07) is 0. The first kappa shape index (κ1) is 8.10. The molecule has 0 bridgehead atoms. The quantitative estimate of drug-likeness (QED) is 0.519. The highest BCUT2D eigenvalue weighted by molar-refractivity contribution is 4.88. The van der Waals surface area contributed by atoms with Crippen LogP contribution in [0.15, 0.2) is 0 Å². The molecule has 0 unspecified atom stereocenters. The van der Waals surface area contributed by atoms with Crippen molar-refractivity contribution in [2.45, 2.75) is 58.3 Å². The van der Waals surface area contributed by atoms with E-state index in [2.05, 4.69) is 6.92 Å². The van der Waals surface area contributed by atoms with Gasteiger partial charge in [-0.3, -0.25) is 0 Å². The lowest BCUT2D eigenvalue weighted by atomic mass is 9.90. The van der Waals surface area contributed by atoms with Gasteiger partial charge >= 0.3 is 0 Å². The molecule has 0 spiro atoms. The number of rotatable bonds is 1. The van der Waals surface area contributed by atoms with Crippen LogP contribution in [0.3, 0.4) is 0 Å². The first-order chi connectivity index (χ1) is 4.93. The second kappa shape index (κ2) is 4.76. The Morgan fingerprint density at radius 3 is 1.90 bits per heavy atom. The van der Waals surface area contributed by atoms with E-state index in [0.717, 1.165) is 0 Å². The summed E-state index contributed by atoms with van der Waals surface area (Å²) in [6.07, 6.45) is 11.5. The Labute approximate surface area is 65.0 Å². The van der Waals surface area contributed by atoms with Crippen molar-refractivity contribution in [2.24, 2.45) is 0 Å². The van der Waals surface area contributed by atoms with Gasteiger partial charge in [0.15, 0.2) is 0 Å². The van der Waals surface area contributed by atoms with Gasteiger partial charge in [-0.15, -0.1) is 0 Å². The number of hydrogen-bond acceptors (Lipinski definition) is 0. The molecule has 1 saturated carbocycles. The van der Waals surface area contributed by atoms with Crippen LogP contribution in [0, 0.1) is 5.92 Å². The third kappa shape index (κ3) is 2.72. The van der Waals surface area contributed by atoms with Gasteiger partial charge in [-0.25, -0.2) is 0 Å². The summed E-state index contributed by atoms with van der Waals surface area (Å²) in [7, 11) is 0. The Morgan fingerprint density at radius 1 is 0.900 bits per heavy atom. The molecule has 0 atom stereocenters. The van der Waals surface area contributed by atoms with Crippen LogP contribution in [0.25, 0.3) is 0 Å². The molecule has 1 rings (SSSR count). The molecular formula is C10H19. The lowest BCUT2D eigenvalue weighted by Gasteiger charge is -2.16. The van der Waals surface area contributed by atoms with Crippen LogP contribution >= 0.6 is 0 Å². The van der Waals surface area contributed by atoms with E-state index in [1.165, 1.54) is 51.4 Å². The van der Waals surface area contributed by atoms with Crippen molar-refractivity contribution in [3.63, 3.8) is 0 Å². The summed E-state index contributed by atoms with van der Waals surface area (Å²) in [5.74, 6) is 1.82. The van der Waals surface area contributed by atoms with Gasteiger partial charge in [-0.2, -0.15) is 0 Å². The van der Waals surface area contributed by atoms with Crippen LogP contribution in [-0.4, -0.2) is 0 Å². The van der Waals surface area contributed by atoms with Crippen molar-refractivity contribution in [3.05, 3.63) is 5.92 Å². The third-order valence-electron chi connectivity index (χ3n) is 2.56. The van der Waals surface area contributed by atoms with Gasteiger partial charge in [0.2, 0.25) is 0 Å². The highest BCUT2D eigenvalue weighted by Crippen LogP contribution is 2.25. The largest absolute Gasteiger partial charge is 0.0648 e. The molecule has 0 amide bonds. The molecule has 0 heterocycles. The minimum Gasteiger partial charge on any atom is -0.0648 e. The molecule has 0 heteroatoms. The Bertz CT molecular complexity index is 68.1. The Balaban J connectivity index is 2.16. The fraction of sp³-hybridized carbons (Fsp3) is 0.900. The monoisotopic (exact) mass is 139 g/mol. The lowest BCUT2D eigenvalue weighted by molar-refractivity contribution is 0.512. The molecular weight excluding hydrogens is 120 g/mol. The second-order valence-electron chi connectivity index (χ2n) is 3.37. The summed E-state index contributed by atoms with van der Waals surface area (Å²) >= 11 is 0. The highest BCUT2D eigenvalue weighted by Gasteiger charge is 2.08. The summed E-state index contributed by atoms with van der Waals surface area (Å²) < 4.78 is 0. The van der Waals surface area contributed by atoms with Crippen molar-refractivity contribution in [3.8, 4) is 0 Å². The Morgan fingerprint density at radius 2 is 1.40 bits per heavy atom. The summed E-state index contributed by atoms with van der Waals surface area (Å²) in [5, 5.41) is 0. The maximum absolute atomic E-state index is 2.30. The molecule has 0 nitrogen and oxygen atoms in total. The standard InChI is InChI=1S/C10H19/c1-2-10-8-6-4-3-5-7-9-10/h2-9H2,1H3. The molecule has 0 aliphatic heterocycles. The van der Waals surface area contributed by atoms with Crippen molar-refractivity contribution in [1.82, 2.24) is 0 Å². The van der Waals surface area contributed by atoms with E-state index in [-0.39, 0.29) is 0 Å². The van der Waals surface area contributed by atoms with Crippen molar-refractivity contribution >= 4 is 0 Å². The minimum absolute atomic E-state index is 1.33. The summed E-state index contributed by atoms with van der Waals surface area (Å²) in [6.45, 7) is 2.30. The van der Waals surface area contributed by atoms with Crippen LogP contribution in [0.2, 0.25) is 0 Å². The Hall–Kier alpha value is 0. The fourth-order valence-corrected chi connectivity index (χ4v) is 1.76. The molecule has 1 aliphatic rings. The van der Waals surface area contributed by atoms with Gasteiger partial charge < -0.3 is 0 Å². The second-order valence-corrected chi connectivity index (χ2v) is 3.37. The topological polar surface area (TPSA) is 0 Å². The summed E-state index contributed by atoms with van der Waals surface area (Å²) in [4.78, 5) is 0. The third-order valence-corrected chi connectivity index (χ3v) is 2.56. The van der Waals surface area contributed by atoms with E-state index in [4.69, 9.17) is 0 Å². The highest BCUT2D eigenvalue weighted by atomic mass is 14.1. The number of hydrogen-bond donors (Lipinski definition) is 0.